The summed E-state index contributed by atoms with van der Waals surface area (Å²) < 4.78 is 0.667. The molecule has 1 fully saturated rings. The zero-order chi connectivity index (χ0) is 17.6. The van der Waals surface area contributed by atoms with E-state index in [4.69, 9.17) is 0 Å². The average Bonchev–Trinajstić information content (AvgIpc) is 3.25. The molecule has 0 unspecified atom stereocenters. The minimum atomic E-state index is -0.216. The molecule has 1 aromatic heterocycles. The van der Waals surface area contributed by atoms with Crippen molar-refractivity contribution in [3.63, 3.8) is 0 Å². The van der Waals surface area contributed by atoms with Crippen LogP contribution >= 0.6 is 23.1 Å². The highest BCUT2D eigenvalue weighted by Crippen LogP contribution is 2.26. The van der Waals surface area contributed by atoms with Crippen LogP contribution in [0.4, 0.5) is 5.13 Å². The minimum Gasteiger partial charge on any atom is -0.353 e. The van der Waals surface area contributed by atoms with Crippen LogP contribution in [0.25, 0.3) is 0 Å². The van der Waals surface area contributed by atoms with Gasteiger partial charge in [-0.05, 0) is 31.9 Å². The third-order valence-corrected chi connectivity index (χ3v) is 5.96. The van der Waals surface area contributed by atoms with Crippen molar-refractivity contribution in [1.29, 1.82) is 0 Å². The van der Waals surface area contributed by atoms with Gasteiger partial charge in [0, 0.05) is 11.6 Å². The topological polar surface area (TPSA) is 84.0 Å². The Hall–Kier alpha value is -1.93. The number of aromatic nitrogens is 2. The maximum absolute atomic E-state index is 12.2. The number of hydrogen-bond donors (Lipinski definition) is 2. The van der Waals surface area contributed by atoms with Gasteiger partial charge in [0.15, 0.2) is 4.34 Å². The van der Waals surface area contributed by atoms with Crippen LogP contribution < -0.4 is 10.6 Å². The molecular formula is C17H20N4O2S2. The van der Waals surface area contributed by atoms with Gasteiger partial charge >= 0.3 is 0 Å². The van der Waals surface area contributed by atoms with Crippen LogP contribution in [0.1, 0.15) is 41.6 Å². The van der Waals surface area contributed by atoms with E-state index in [0.717, 1.165) is 18.4 Å². The van der Waals surface area contributed by atoms with E-state index in [1.807, 2.05) is 19.1 Å². The fourth-order valence-corrected chi connectivity index (χ4v) is 4.22. The van der Waals surface area contributed by atoms with E-state index in [0.29, 0.717) is 26.8 Å². The molecule has 1 saturated carbocycles. The molecule has 2 aromatic rings. The van der Waals surface area contributed by atoms with Gasteiger partial charge in [-0.3, -0.25) is 14.9 Å². The molecule has 0 atom stereocenters. The van der Waals surface area contributed by atoms with Gasteiger partial charge in [-0.25, -0.2) is 0 Å². The largest absolute Gasteiger partial charge is 0.353 e. The third kappa shape index (κ3) is 5.27. The van der Waals surface area contributed by atoms with Crippen LogP contribution in [-0.2, 0) is 4.79 Å². The number of nitrogens with one attached hydrogen (secondary N) is 2. The van der Waals surface area contributed by atoms with E-state index < -0.39 is 0 Å². The molecular weight excluding hydrogens is 356 g/mol. The molecule has 2 N–H and O–H groups in total. The third-order valence-electron chi connectivity index (χ3n) is 3.99. The Morgan fingerprint density at radius 1 is 1.20 bits per heavy atom. The Kier molecular flexibility index (Phi) is 6.04. The normalized spacial score (nSPS) is 14.4. The molecule has 1 aromatic carbocycles. The lowest BCUT2D eigenvalue weighted by Crippen LogP contribution is -2.33. The molecule has 0 saturated heterocycles. The zero-order valence-corrected chi connectivity index (χ0v) is 15.6. The first-order valence-corrected chi connectivity index (χ1v) is 10.0. The maximum atomic E-state index is 12.2. The fraction of sp³-hybridized carbons (Fsp3) is 0.412. The molecule has 6 nitrogen and oxygen atoms in total. The Morgan fingerprint density at radius 3 is 2.64 bits per heavy atom. The summed E-state index contributed by atoms with van der Waals surface area (Å²) >= 11 is 2.61. The van der Waals surface area contributed by atoms with Crippen molar-refractivity contribution in [2.24, 2.45) is 0 Å². The quantitative estimate of drug-likeness (QED) is 0.597. The molecule has 2 amide bonds. The van der Waals surface area contributed by atoms with E-state index in [-0.39, 0.29) is 11.8 Å². The highest BCUT2D eigenvalue weighted by atomic mass is 32.2. The fourth-order valence-electron chi connectivity index (χ4n) is 2.66. The average molecular weight is 377 g/mol. The highest BCUT2D eigenvalue weighted by Gasteiger charge is 2.17. The number of benzene rings is 1. The van der Waals surface area contributed by atoms with E-state index in [2.05, 4.69) is 20.8 Å². The van der Waals surface area contributed by atoms with Gasteiger partial charge in [-0.1, -0.05) is 53.6 Å². The molecule has 0 aliphatic heterocycles. The summed E-state index contributed by atoms with van der Waals surface area (Å²) in [6.07, 6.45) is 4.53. The molecule has 132 valence electrons. The SMILES string of the molecule is Cc1ccc(C(=O)Nc2nnc(SCC(=O)NC3CCCC3)s2)cc1. The minimum absolute atomic E-state index is 0.0253. The van der Waals surface area contributed by atoms with Crippen LogP contribution in [0.15, 0.2) is 28.6 Å². The number of anilines is 1. The number of carbonyl (C=O) groups excluding carboxylic acids is 2. The van der Waals surface area contributed by atoms with E-state index in [9.17, 15) is 9.59 Å². The van der Waals surface area contributed by atoms with Gasteiger partial charge in [-0.2, -0.15) is 0 Å². The second-order valence-electron chi connectivity index (χ2n) is 6.03. The molecule has 1 aliphatic carbocycles. The van der Waals surface area contributed by atoms with E-state index >= 15 is 0 Å². The summed E-state index contributed by atoms with van der Waals surface area (Å²) in [5.74, 6) is 0.126. The molecule has 0 spiro atoms. The van der Waals surface area contributed by atoms with Gasteiger partial charge in [0.05, 0.1) is 5.75 Å². The van der Waals surface area contributed by atoms with Crippen molar-refractivity contribution in [3.8, 4) is 0 Å². The molecule has 8 heteroatoms. The molecule has 0 bridgehead atoms. The van der Waals surface area contributed by atoms with Gasteiger partial charge < -0.3 is 5.32 Å². The Bertz CT molecular complexity index is 739. The predicted octanol–water partition coefficient (Wildman–Crippen LogP) is 3.25. The first-order valence-electron chi connectivity index (χ1n) is 8.24. The summed E-state index contributed by atoms with van der Waals surface area (Å²) in [6, 6.07) is 7.65. The first kappa shape index (κ1) is 17.9. The summed E-state index contributed by atoms with van der Waals surface area (Å²) in [5.41, 5.74) is 1.67. The number of nitrogens with zero attached hydrogens (tertiary/aromatic N) is 2. The molecule has 3 rings (SSSR count). The van der Waals surface area contributed by atoms with Gasteiger partial charge in [-0.15, -0.1) is 10.2 Å². The second kappa shape index (κ2) is 8.44. The lowest BCUT2D eigenvalue weighted by molar-refractivity contribution is -0.119. The van der Waals surface area contributed by atoms with Gasteiger partial charge in [0.1, 0.15) is 0 Å². The monoisotopic (exact) mass is 376 g/mol. The zero-order valence-electron chi connectivity index (χ0n) is 13.9. The summed E-state index contributed by atoms with van der Waals surface area (Å²) in [6.45, 7) is 1.97. The number of hydrogen-bond acceptors (Lipinski definition) is 6. The molecule has 0 radical (unpaired) electrons. The van der Waals surface area contributed by atoms with Crippen molar-refractivity contribution in [1.82, 2.24) is 15.5 Å². The van der Waals surface area contributed by atoms with Gasteiger partial charge in [0.25, 0.3) is 5.91 Å². The Balaban J connectivity index is 1.47. The van der Waals surface area contributed by atoms with Crippen molar-refractivity contribution >= 4 is 40.0 Å². The summed E-state index contributed by atoms with van der Waals surface area (Å²) in [7, 11) is 0. The number of thioether (sulfide) groups is 1. The Morgan fingerprint density at radius 2 is 1.92 bits per heavy atom. The van der Waals surface area contributed by atoms with Crippen molar-refractivity contribution < 1.29 is 9.59 Å². The van der Waals surface area contributed by atoms with E-state index in [1.54, 1.807) is 12.1 Å². The number of rotatable bonds is 6. The van der Waals surface area contributed by atoms with E-state index in [1.165, 1.54) is 35.9 Å². The van der Waals surface area contributed by atoms with Gasteiger partial charge in [0.2, 0.25) is 11.0 Å². The van der Waals surface area contributed by atoms with Crippen LogP contribution in [0.5, 0.6) is 0 Å². The lowest BCUT2D eigenvalue weighted by atomic mass is 10.1. The van der Waals surface area contributed by atoms with Crippen LogP contribution in [0, 0.1) is 6.92 Å². The van der Waals surface area contributed by atoms with Crippen molar-refractivity contribution in [2.45, 2.75) is 43.0 Å². The highest BCUT2D eigenvalue weighted by molar-refractivity contribution is 8.01. The second-order valence-corrected chi connectivity index (χ2v) is 8.23. The predicted molar refractivity (Wildman–Crippen MR) is 100 cm³/mol. The van der Waals surface area contributed by atoms with Crippen LogP contribution in [0.2, 0.25) is 0 Å². The van der Waals surface area contributed by atoms with Crippen LogP contribution in [0.3, 0.4) is 0 Å². The molecule has 1 aliphatic rings. The maximum Gasteiger partial charge on any atom is 0.257 e. The number of aryl methyl sites for hydroxylation is 1. The summed E-state index contributed by atoms with van der Waals surface area (Å²) in [5, 5.41) is 14.2. The smallest absolute Gasteiger partial charge is 0.257 e. The summed E-state index contributed by atoms with van der Waals surface area (Å²) in [4.78, 5) is 24.1. The lowest BCUT2D eigenvalue weighted by Gasteiger charge is -2.10. The molecule has 1 heterocycles. The Labute approximate surface area is 154 Å². The molecule has 25 heavy (non-hydrogen) atoms. The first-order chi connectivity index (χ1) is 12.1. The number of carbonyl (C=O) groups is 2. The van der Waals surface area contributed by atoms with Crippen LogP contribution in [-0.4, -0.2) is 33.8 Å². The van der Waals surface area contributed by atoms with Crippen molar-refractivity contribution in [2.75, 3.05) is 11.1 Å². The number of amides is 2. The standard InChI is InChI=1S/C17H20N4O2S2/c1-11-6-8-12(9-7-11)15(23)19-16-20-21-17(25-16)24-10-14(22)18-13-4-2-3-5-13/h6-9,13H,2-5,10H2,1H3,(H,18,22)(H,19,20,23). The van der Waals surface area contributed by atoms with Crippen molar-refractivity contribution in [3.05, 3.63) is 35.4 Å².